The van der Waals surface area contributed by atoms with Gasteiger partial charge in [-0.3, -0.25) is 14.5 Å². The Balaban J connectivity index is 1.51. The van der Waals surface area contributed by atoms with Crippen LogP contribution in [0.1, 0.15) is 30.6 Å². The Kier molecular flexibility index (Phi) is 6.09. The predicted octanol–water partition coefficient (Wildman–Crippen LogP) is 1.53. The molecular weight excluding hydrogens is 338 g/mol. The van der Waals surface area contributed by atoms with E-state index in [-0.39, 0.29) is 24.0 Å². The van der Waals surface area contributed by atoms with Crippen LogP contribution in [0.15, 0.2) is 16.8 Å². The number of morpholine rings is 1. The second kappa shape index (κ2) is 8.29. The van der Waals surface area contributed by atoms with Gasteiger partial charge in [-0.1, -0.05) is 0 Å². The van der Waals surface area contributed by atoms with Crippen LogP contribution in [0.5, 0.6) is 0 Å². The van der Waals surface area contributed by atoms with Crippen molar-refractivity contribution in [1.82, 2.24) is 14.7 Å². The summed E-state index contributed by atoms with van der Waals surface area (Å²) in [5, 5.41) is 3.83. The van der Waals surface area contributed by atoms with Gasteiger partial charge >= 0.3 is 0 Å². The molecule has 2 atom stereocenters. The van der Waals surface area contributed by atoms with E-state index >= 15 is 0 Å². The van der Waals surface area contributed by atoms with Crippen molar-refractivity contribution in [2.75, 3.05) is 45.8 Å². The molecule has 2 aliphatic heterocycles. The molecular formula is C18H27N3O3S. The maximum absolute atomic E-state index is 12.6. The van der Waals surface area contributed by atoms with Crippen LogP contribution in [0.2, 0.25) is 0 Å². The molecule has 2 unspecified atom stereocenters. The molecule has 0 spiro atoms. The van der Waals surface area contributed by atoms with E-state index in [1.54, 1.807) is 11.3 Å². The van der Waals surface area contributed by atoms with E-state index in [2.05, 4.69) is 4.90 Å². The van der Waals surface area contributed by atoms with Crippen LogP contribution in [0, 0.1) is 0 Å². The summed E-state index contributed by atoms with van der Waals surface area (Å²) in [5.41, 5.74) is 0.769. The van der Waals surface area contributed by atoms with E-state index < -0.39 is 0 Å². The van der Waals surface area contributed by atoms with Crippen LogP contribution in [0.4, 0.5) is 0 Å². The van der Waals surface area contributed by atoms with Gasteiger partial charge in [0.25, 0.3) is 5.91 Å². The van der Waals surface area contributed by atoms with E-state index in [4.69, 9.17) is 4.74 Å². The Morgan fingerprint density at radius 2 is 1.88 bits per heavy atom. The van der Waals surface area contributed by atoms with Gasteiger partial charge in [0.15, 0.2) is 0 Å². The third-order valence-electron chi connectivity index (χ3n) is 4.78. The molecule has 1 aromatic rings. The maximum atomic E-state index is 12.6. The molecule has 0 aliphatic carbocycles. The summed E-state index contributed by atoms with van der Waals surface area (Å²) in [6.45, 7) is 8.82. The second-order valence-electron chi connectivity index (χ2n) is 6.99. The first-order valence-corrected chi connectivity index (χ1v) is 9.94. The summed E-state index contributed by atoms with van der Waals surface area (Å²) in [4.78, 5) is 31.1. The van der Waals surface area contributed by atoms with Gasteiger partial charge in [0.2, 0.25) is 5.91 Å². The van der Waals surface area contributed by atoms with Crippen molar-refractivity contribution in [3.63, 3.8) is 0 Å². The van der Waals surface area contributed by atoms with Gasteiger partial charge in [-0.25, -0.2) is 0 Å². The Morgan fingerprint density at radius 1 is 1.12 bits per heavy atom. The fraction of sp³-hybridized carbons (Fsp3) is 0.667. The van der Waals surface area contributed by atoms with Gasteiger partial charge in [0.05, 0.1) is 24.3 Å². The van der Waals surface area contributed by atoms with Crippen molar-refractivity contribution in [2.45, 2.75) is 32.5 Å². The summed E-state index contributed by atoms with van der Waals surface area (Å²) in [5.74, 6) is 0.268. The normalized spacial score (nSPS) is 25.7. The predicted molar refractivity (Wildman–Crippen MR) is 97.9 cm³/mol. The fourth-order valence-electron chi connectivity index (χ4n) is 3.57. The van der Waals surface area contributed by atoms with Crippen molar-refractivity contribution < 1.29 is 14.3 Å². The molecule has 138 valence electrons. The number of thiophene rings is 1. The summed E-state index contributed by atoms with van der Waals surface area (Å²) in [6.07, 6.45) is 1.09. The van der Waals surface area contributed by atoms with E-state index in [9.17, 15) is 9.59 Å². The smallest absolute Gasteiger partial charge is 0.254 e. The summed E-state index contributed by atoms with van der Waals surface area (Å²) >= 11 is 1.54. The van der Waals surface area contributed by atoms with Gasteiger partial charge in [0.1, 0.15) is 0 Å². The zero-order valence-corrected chi connectivity index (χ0v) is 15.8. The zero-order valence-electron chi connectivity index (χ0n) is 15.0. The third kappa shape index (κ3) is 4.80. The molecule has 2 amide bonds. The number of nitrogens with zero attached hydrogens (tertiary/aromatic N) is 3. The molecule has 2 aliphatic rings. The molecule has 25 heavy (non-hydrogen) atoms. The monoisotopic (exact) mass is 365 g/mol. The van der Waals surface area contributed by atoms with Crippen molar-refractivity contribution in [3.05, 3.63) is 22.4 Å². The highest BCUT2D eigenvalue weighted by Crippen LogP contribution is 2.14. The van der Waals surface area contributed by atoms with E-state index in [0.717, 1.165) is 31.6 Å². The number of hydrogen-bond acceptors (Lipinski definition) is 5. The van der Waals surface area contributed by atoms with Crippen molar-refractivity contribution >= 4 is 23.2 Å². The Labute approximate surface area is 153 Å². The molecule has 6 nitrogen and oxygen atoms in total. The lowest BCUT2D eigenvalue weighted by Gasteiger charge is -2.36. The van der Waals surface area contributed by atoms with Gasteiger partial charge in [-0.05, 0) is 31.7 Å². The molecule has 3 rings (SSSR count). The summed E-state index contributed by atoms with van der Waals surface area (Å²) in [7, 11) is 0. The topological polar surface area (TPSA) is 53.1 Å². The highest BCUT2D eigenvalue weighted by atomic mass is 32.1. The Morgan fingerprint density at radius 3 is 2.56 bits per heavy atom. The van der Waals surface area contributed by atoms with Gasteiger partial charge in [-0.2, -0.15) is 11.3 Å². The summed E-state index contributed by atoms with van der Waals surface area (Å²) in [6, 6.07) is 1.87. The van der Waals surface area contributed by atoms with Crippen molar-refractivity contribution in [2.24, 2.45) is 0 Å². The number of ether oxygens (including phenoxy) is 1. The maximum Gasteiger partial charge on any atom is 0.254 e. The minimum absolute atomic E-state index is 0.0931. The van der Waals surface area contributed by atoms with Crippen molar-refractivity contribution in [3.8, 4) is 0 Å². The van der Waals surface area contributed by atoms with Crippen LogP contribution in [0.25, 0.3) is 0 Å². The van der Waals surface area contributed by atoms with Crippen LogP contribution in [-0.2, 0) is 9.53 Å². The standard InChI is InChI=1S/C18H27N3O3S/c1-14-10-21(11-15(2)24-14)17(22)12-19-5-3-6-20(8-7-19)18(23)16-4-9-25-13-16/h4,9,13-15H,3,5-8,10-12H2,1-2H3. The highest BCUT2D eigenvalue weighted by molar-refractivity contribution is 7.08. The number of amides is 2. The third-order valence-corrected chi connectivity index (χ3v) is 5.46. The van der Waals surface area contributed by atoms with E-state index in [0.29, 0.717) is 26.2 Å². The lowest BCUT2D eigenvalue weighted by molar-refractivity contribution is -0.144. The van der Waals surface area contributed by atoms with Crippen LogP contribution >= 0.6 is 11.3 Å². The van der Waals surface area contributed by atoms with E-state index in [1.165, 1.54) is 0 Å². The number of carbonyl (C=O) groups excluding carboxylic acids is 2. The fourth-order valence-corrected chi connectivity index (χ4v) is 4.20. The molecule has 7 heteroatoms. The average Bonchev–Trinajstić information content (AvgIpc) is 3.01. The molecule has 0 N–H and O–H groups in total. The van der Waals surface area contributed by atoms with Crippen LogP contribution < -0.4 is 0 Å². The first kappa shape index (κ1) is 18.4. The molecule has 0 saturated carbocycles. The quantitative estimate of drug-likeness (QED) is 0.815. The van der Waals surface area contributed by atoms with Gasteiger partial charge < -0.3 is 14.5 Å². The highest BCUT2D eigenvalue weighted by Gasteiger charge is 2.28. The average molecular weight is 365 g/mol. The molecule has 0 bridgehead atoms. The molecule has 2 saturated heterocycles. The molecule has 0 radical (unpaired) electrons. The van der Waals surface area contributed by atoms with Crippen LogP contribution in [-0.4, -0.2) is 84.5 Å². The number of rotatable bonds is 3. The number of hydrogen-bond donors (Lipinski definition) is 0. The molecule has 1 aromatic heterocycles. The van der Waals surface area contributed by atoms with Crippen molar-refractivity contribution in [1.29, 1.82) is 0 Å². The molecule has 2 fully saturated rings. The summed E-state index contributed by atoms with van der Waals surface area (Å²) < 4.78 is 5.70. The zero-order chi connectivity index (χ0) is 17.8. The van der Waals surface area contributed by atoms with E-state index in [1.807, 2.05) is 40.5 Å². The van der Waals surface area contributed by atoms with Gasteiger partial charge in [0, 0.05) is 44.6 Å². The molecule has 3 heterocycles. The molecule has 0 aromatic carbocycles. The Hall–Kier alpha value is -1.44. The second-order valence-corrected chi connectivity index (χ2v) is 7.77. The lowest BCUT2D eigenvalue weighted by Crippen LogP contribution is -2.51. The first-order valence-electron chi connectivity index (χ1n) is 9.00. The van der Waals surface area contributed by atoms with Gasteiger partial charge in [-0.15, -0.1) is 0 Å². The minimum atomic E-state index is 0.0931. The van der Waals surface area contributed by atoms with Crippen LogP contribution in [0.3, 0.4) is 0 Å². The lowest BCUT2D eigenvalue weighted by atomic mass is 10.2. The largest absolute Gasteiger partial charge is 0.372 e. The first-order chi connectivity index (χ1) is 12.0. The minimum Gasteiger partial charge on any atom is -0.372 e. The SMILES string of the molecule is CC1CN(C(=O)CN2CCCN(C(=O)c3ccsc3)CC2)CC(C)O1. The Bertz CT molecular complexity index is 582. The number of carbonyl (C=O) groups is 2.